The molecule has 0 radical (unpaired) electrons. The summed E-state index contributed by atoms with van der Waals surface area (Å²) in [5.41, 5.74) is 0.457. The van der Waals surface area contributed by atoms with Crippen LogP contribution in [0.1, 0.15) is 37.8 Å². The van der Waals surface area contributed by atoms with E-state index in [-0.39, 0.29) is 24.3 Å². The summed E-state index contributed by atoms with van der Waals surface area (Å²) in [6.45, 7) is 2.28. The first-order chi connectivity index (χ1) is 8.65. The van der Waals surface area contributed by atoms with Gasteiger partial charge in [-0.1, -0.05) is 36.8 Å². The van der Waals surface area contributed by atoms with Crippen LogP contribution in [0.5, 0.6) is 0 Å². The van der Waals surface area contributed by atoms with Crippen molar-refractivity contribution in [3.05, 3.63) is 35.9 Å². The number of Topliss-reactive ketones (excluding diaryl/α,β-unsaturated/α-hetero) is 1. The van der Waals surface area contributed by atoms with E-state index in [1.807, 2.05) is 37.3 Å². The van der Waals surface area contributed by atoms with E-state index >= 15 is 0 Å². The molecule has 0 unspecified atom stereocenters. The Balaban J connectivity index is 1.86. The SMILES string of the molecule is C[C@@H](c1ccccc1)N1CC(=O)C2(CCC2)C1=O. The maximum absolute atomic E-state index is 12.4. The number of carbonyl (C=O) groups is 2. The van der Waals surface area contributed by atoms with Crippen molar-refractivity contribution >= 4 is 11.7 Å². The molecule has 3 rings (SSSR count). The zero-order valence-corrected chi connectivity index (χ0v) is 10.6. The van der Waals surface area contributed by atoms with Gasteiger partial charge in [0.1, 0.15) is 5.41 Å². The standard InChI is InChI=1S/C15H17NO2/c1-11(12-6-3-2-4-7-12)16-10-13(17)15(14(16)18)8-5-9-15/h2-4,6-7,11H,5,8-10H2,1H3/t11-/m0/s1. The van der Waals surface area contributed by atoms with Crippen LogP contribution >= 0.6 is 0 Å². The molecule has 18 heavy (non-hydrogen) atoms. The molecule has 2 fully saturated rings. The predicted molar refractivity (Wildman–Crippen MR) is 67.9 cm³/mol. The van der Waals surface area contributed by atoms with Gasteiger partial charge >= 0.3 is 0 Å². The third-order valence-corrected chi connectivity index (χ3v) is 4.47. The van der Waals surface area contributed by atoms with Crippen molar-refractivity contribution in [1.29, 1.82) is 0 Å². The van der Waals surface area contributed by atoms with Crippen LogP contribution < -0.4 is 0 Å². The number of amides is 1. The fourth-order valence-electron chi connectivity index (χ4n) is 3.02. The van der Waals surface area contributed by atoms with Crippen LogP contribution in [-0.4, -0.2) is 23.1 Å². The molecule has 1 saturated carbocycles. The van der Waals surface area contributed by atoms with Crippen LogP contribution in [0.15, 0.2) is 30.3 Å². The Bertz CT molecular complexity index is 490. The summed E-state index contributed by atoms with van der Waals surface area (Å²) in [4.78, 5) is 26.3. The van der Waals surface area contributed by atoms with E-state index in [1.54, 1.807) is 4.90 Å². The fraction of sp³-hybridized carbons (Fsp3) is 0.467. The number of rotatable bonds is 2. The normalized spacial score (nSPS) is 23.3. The van der Waals surface area contributed by atoms with Crippen LogP contribution in [-0.2, 0) is 9.59 Å². The molecule has 1 heterocycles. The van der Waals surface area contributed by atoms with Gasteiger partial charge in [0.15, 0.2) is 5.78 Å². The molecule has 3 nitrogen and oxygen atoms in total. The molecule has 1 spiro atoms. The summed E-state index contributed by atoms with van der Waals surface area (Å²) in [6.07, 6.45) is 2.51. The molecule has 0 N–H and O–H groups in total. The molecule has 94 valence electrons. The van der Waals surface area contributed by atoms with Gasteiger partial charge in [-0.3, -0.25) is 9.59 Å². The number of nitrogens with zero attached hydrogens (tertiary/aromatic N) is 1. The number of hydrogen-bond donors (Lipinski definition) is 0. The van der Waals surface area contributed by atoms with Crippen molar-refractivity contribution in [3.63, 3.8) is 0 Å². The van der Waals surface area contributed by atoms with E-state index in [2.05, 4.69) is 0 Å². The van der Waals surface area contributed by atoms with E-state index < -0.39 is 5.41 Å². The van der Waals surface area contributed by atoms with Gasteiger partial charge in [-0.25, -0.2) is 0 Å². The largest absolute Gasteiger partial charge is 0.328 e. The molecule has 1 aromatic rings. The van der Waals surface area contributed by atoms with E-state index in [0.717, 1.165) is 24.8 Å². The highest BCUT2D eigenvalue weighted by atomic mass is 16.2. The highest BCUT2D eigenvalue weighted by Crippen LogP contribution is 2.48. The number of likely N-dealkylation sites (tertiary alicyclic amines) is 1. The topological polar surface area (TPSA) is 37.4 Å². The van der Waals surface area contributed by atoms with Crippen LogP contribution in [0.3, 0.4) is 0 Å². The minimum atomic E-state index is -0.636. The van der Waals surface area contributed by atoms with Gasteiger partial charge in [0.2, 0.25) is 5.91 Å². The lowest BCUT2D eigenvalue weighted by Crippen LogP contribution is -2.43. The van der Waals surface area contributed by atoms with Gasteiger partial charge in [-0.2, -0.15) is 0 Å². The Labute approximate surface area is 107 Å². The first kappa shape index (κ1) is 11.5. The average molecular weight is 243 g/mol. The van der Waals surface area contributed by atoms with Crippen LogP contribution in [0.2, 0.25) is 0 Å². The highest BCUT2D eigenvalue weighted by Gasteiger charge is 2.57. The fourth-order valence-corrected chi connectivity index (χ4v) is 3.02. The summed E-state index contributed by atoms with van der Waals surface area (Å²) in [7, 11) is 0. The lowest BCUT2D eigenvalue weighted by Gasteiger charge is -2.35. The van der Waals surface area contributed by atoms with Crippen LogP contribution in [0.4, 0.5) is 0 Å². The second-order valence-corrected chi connectivity index (χ2v) is 5.38. The summed E-state index contributed by atoms with van der Waals surface area (Å²) in [5.74, 6) is 0.177. The van der Waals surface area contributed by atoms with E-state index in [9.17, 15) is 9.59 Å². The van der Waals surface area contributed by atoms with Gasteiger partial charge < -0.3 is 4.90 Å². The van der Waals surface area contributed by atoms with Crippen molar-refractivity contribution in [3.8, 4) is 0 Å². The van der Waals surface area contributed by atoms with E-state index in [1.165, 1.54) is 0 Å². The Hall–Kier alpha value is -1.64. The molecule has 1 atom stereocenters. The highest BCUT2D eigenvalue weighted by molar-refractivity contribution is 6.13. The molecule has 0 bridgehead atoms. The van der Waals surface area contributed by atoms with Gasteiger partial charge in [0.25, 0.3) is 0 Å². The maximum Gasteiger partial charge on any atom is 0.237 e. The van der Waals surface area contributed by atoms with Crippen molar-refractivity contribution in [2.24, 2.45) is 5.41 Å². The van der Waals surface area contributed by atoms with Gasteiger partial charge in [0, 0.05) is 0 Å². The molecule has 1 aromatic carbocycles. The monoisotopic (exact) mass is 243 g/mol. The maximum atomic E-state index is 12.4. The van der Waals surface area contributed by atoms with Crippen molar-refractivity contribution < 1.29 is 9.59 Å². The summed E-state index contributed by atoms with van der Waals surface area (Å²) < 4.78 is 0. The lowest BCUT2D eigenvalue weighted by molar-refractivity contribution is -0.145. The van der Waals surface area contributed by atoms with E-state index in [0.29, 0.717) is 0 Å². The number of carbonyl (C=O) groups excluding carboxylic acids is 2. The third kappa shape index (κ3) is 1.43. The Morgan fingerprint density at radius 2 is 1.83 bits per heavy atom. The quantitative estimate of drug-likeness (QED) is 0.748. The zero-order valence-electron chi connectivity index (χ0n) is 10.6. The number of benzene rings is 1. The van der Waals surface area contributed by atoms with Crippen molar-refractivity contribution in [1.82, 2.24) is 4.90 Å². The molecule has 1 aliphatic heterocycles. The molecular formula is C15H17NO2. The third-order valence-electron chi connectivity index (χ3n) is 4.47. The molecule has 3 heteroatoms. The Morgan fingerprint density at radius 1 is 1.17 bits per heavy atom. The summed E-state index contributed by atoms with van der Waals surface area (Å²) >= 11 is 0. The Kier molecular flexibility index (Phi) is 2.51. The van der Waals surface area contributed by atoms with Crippen molar-refractivity contribution in [2.75, 3.05) is 6.54 Å². The van der Waals surface area contributed by atoms with Gasteiger partial charge in [-0.15, -0.1) is 0 Å². The van der Waals surface area contributed by atoms with Gasteiger partial charge in [0.05, 0.1) is 12.6 Å². The number of ketones is 1. The van der Waals surface area contributed by atoms with Crippen LogP contribution in [0, 0.1) is 5.41 Å². The second kappa shape index (κ2) is 3.94. The molecule has 2 aliphatic rings. The summed E-state index contributed by atoms with van der Waals surface area (Å²) in [6, 6.07) is 9.89. The number of hydrogen-bond acceptors (Lipinski definition) is 2. The minimum absolute atomic E-state index is 0.0115. The van der Waals surface area contributed by atoms with E-state index in [4.69, 9.17) is 0 Å². The first-order valence-electron chi connectivity index (χ1n) is 6.54. The second-order valence-electron chi connectivity index (χ2n) is 5.38. The summed E-state index contributed by atoms with van der Waals surface area (Å²) in [5, 5.41) is 0. The molecular weight excluding hydrogens is 226 g/mol. The Morgan fingerprint density at radius 3 is 2.33 bits per heavy atom. The zero-order chi connectivity index (χ0) is 12.8. The average Bonchev–Trinajstić information content (AvgIpc) is 2.61. The van der Waals surface area contributed by atoms with Gasteiger partial charge in [-0.05, 0) is 25.3 Å². The predicted octanol–water partition coefficient (Wildman–Crippen LogP) is 2.33. The van der Waals surface area contributed by atoms with Crippen LogP contribution in [0.25, 0.3) is 0 Å². The molecule has 0 aromatic heterocycles. The lowest BCUT2D eigenvalue weighted by atomic mass is 9.67. The minimum Gasteiger partial charge on any atom is -0.328 e. The van der Waals surface area contributed by atoms with Crippen molar-refractivity contribution in [2.45, 2.75) is 32.2 Å². The molecule has 1 amide bonds. The molecule has 1 saturated heterocycles. The molecule has 1 aliphatic carbocycles. The smallest absolute Gasteiger partial charge is 0.237 e. The first-order valence-corrected chi connectivity index (χ1v) is 6.54.